The lowest BCUT2D eigenvalue weighted by Gasteiger charge is -2.39. The summed E-state index contributed by atoms with van der Waals surface area (Å²) in [5, 5.41) is 13.6. The maximum atomic E-state index is 12.3. The molecule has 0 aliphatic carbocycles. The van der Waals surface area contributed by atoms with Crippen LogP contribution in [0.1, 0.15) is 43.4 Å². The minimum absolute atomic E-state index is 0.0585. The van der Waals surface area contributed by atoms with Crippen LogP contribution in [-0.2, 0) is 27.3 Å². The van der Waals surface area contributed by atoms with E-state index in [-0.39, 0.29) is 17.6 Å². The van der Waals surface area contributed by atoms with Gasteiger partial charge in [-0.15, -0.1) is 11.8 Å². The number of thioether (sulfide) groups is 1. The Hall–Kier alpha value is -1.86. The molecule has 4 rings (SSSR count). The minimum Gasteiger partial charge on any atom is -0.376 e. The molecule has 0 bridgehead atoms. The van der Waals surface area contributed by atoms with E-state index in [9.17, 15) is 10.1 Å². The van der Waals surface area contributed by atoms with Crippen molar-refractivity contribution < 1.29 is 14.3 Å². The van der Waals surface area contributed by atoms with Crippen LogP contribution in [0.25, 0.3) is 0 Å². The zero-order valence-corrected chi connectivity index (χ0v) is 20.1. The van der Waals surface area contributed by atoms with Crippen molar-refractivity contribution in [3.63, 3.8) is 0 Å². The maximum absolute atomic E-state index is 12.3. The predicted octanol–water partition coefficient (Wildman–Crippen LogP) is 1.94. The fourth-order valence-corrected chi connectivity index (χ4v) is 5.21. The summed E-state index contributed by atoms with van der Waals surface area (Å²) in [6.07, 6.45) is 4.95. The molecule has 3 aliphatic heterocycles. The number of carbonyl (C=O) groups excluding carboxylic acids is 1. The van der Waals surface area contributed by atoms with E-state index in [1.807, 2.05) is 6.26 Å². The quantitative estimate of drug-likeness (QED) is 0.646. The Morgan fingerprint density at radius 3 is 2.75 bits per heavy atom. The lowest BCUT2D eigenvalue weighted by Crippen LogP contribution is -2.50. The first-order chi connectivity index (χ1) is 15.4. The number of nitrogens with one attached hydrogen (secondary N) is 1. The molecule has 1 atom stereocenters. The zero-order valence-electron chi connectivity index (χ0n) is 19.3. The van der Waals surface area contributed by atoms with Crippen LogP contribution in [0.4, 0.5) is 5.82 Å². The van der Waals surface area contributed by atoms with Gasteiger partial charge in [0, 0.05) is 51.3 Å². The first-order valence-corrected chi connectivity index (χ1v) is 12.6. The van der Waals surface area contributed by atoms with Gasteiger partial charge in [0.2, 0.25) is 5.91 Å². The minimum atomic E-state index is -0.289. The van der Waals surface area contributed by atoms with Crippen LogP contribution >= 0.6 is 11.8 Å². The van der Waals surface area contributed by atoms with Crippen molar-refractivity contribution in [2.75, 3.05) is 57.0 Å². The van der Waals surface area contributed by atoms with Gasteiger partial charge in [0.15, 0.2) is 0 Å². The summed E-state index contributed by atoms with van der Waals surface area (Å²) in [4.78, 5) is 21.7. The van der Waals surface area contributed by atoms with Crippen LogP contribution in [0.2, 0.25) is 0 Å². The highest BCUT2D eigenvalue weighted by molar-refractivity contribution is 7.98. The molecule has 8 nitrogen and oxygen atoms in total. The number of aromatic nitrogens is 1. The molecule has 0 aromatic carbocycles. The molecular weight excluding hydrogens is 426 g/mol. The molecule has 1 N–H and O–H groups in total. The number of fused-ring (bicyclic) bond motifs is 1. The summed E-state index contributed by atoms with van der Waals surface area (Å²) in [5.74, 6) is 0.990. The van der Waals surface area contributed by atoms with Crippen molar-refractivity contribution in [2.45, 2.75) is 56.4 Å². The Kier molecular flexibility index (Phi) is 7.25. The zero-order chi connectivity index (χ0) is 22.7. The summed E-state index contributed by atoms with van der Waals surface area (Å²) < 4.78 is 11.7. The van der Waals surface area contributed by atoms with E-state index < -0.39 is 0 Å². The Bertz CT molecular complexity index is 887. The van der Waals surface area contributed by atoms with Gasteiger partial charge in [-0.2, -0.15) is 5.26 Å². The standard InChI is InChI=1S/C23H33N5O3S/c1-23(2)11-17-18(12-24)22(32-3)26-21(19(17)15-31-23)28-8-6-27(7-9-28)14-20(29)25-13-16-5-4-10-30-16/h16H,4-11,13-15H2,1-3H3,(H,25,29). The number of hydrogen-bond donors (Lipinski definition) is 1. The highest BCUT2D eigenvalue weighted by Crippen LogP contribution is 2.38. The number of carbonyl (C=O) groups is 1. The lowest BCUT2D eigenvalue weighted by molar-refractivity contribution is -0.122. The molecule has 2 saturated heterocycles. The van der Waals surface area contributed by atoms with Gasteiger partial charge in [-0.05, 0) is 38.5 Å². The third-order valence-corrected chi connectivity index (χ3v) is 7.14. The molecule has 9 heteroatoms. The van der Waals surface area contributed by atoms with E-state index in [1.54, 1.807) is 0 Å². The summed E-state index contributed by atoms with van der Waals surface area (Å²) in [6, 6.07) is 2.38. The van der Waals surface area contributed by atoms with Crippen LogP contribution in [0.15, 0.2) is 5.03 Å². The first-order valence-electron chi connectivity index (χ1n) is 11.4. The number of nitriles is 1. The molecule has 1 unspecified atom stereocenters. The van der Waals surface area contributed by atoms with Crippen molar-refractivity contribution in [3.05, 3.63) is 16.7 Å². The van der Waals surface area contributed by atoms with Crippen molar-refractivity contribution in [3.8, 4) is 6.07 Å². The molecule has 1 aromatic heterocycles. The number of nitrogens with zero attached hydrogens (tertiary/aromatic N) is 4. The number of amides is 1. The molecule has 32 heavy (non-hydrogen) atoms. The van der Waals surface area contributed by atoms with Crippen molar-refractivity contribution in [1.29, 1.82) is 5.26 Å². The molecule has 1 aromatic rings. The molecule has 0 radical (unpaired) electrons. The van der Waals surface area contributed by atoms with Crippen molar-refractivity contribution in [2.24, 2.45) is 0 Å². The normalized spacial score (nSPS) is 22.9. The highest BCUT2D eigenvalue weighted by Gasteiger charge is 2.34. The molecule has 0 spiro atoms. The van der Waals surface area contributed by atoms with E-state index in [1.165, 1.54) is 11.8 Å². The maximum Gasteiger partial charge on any atom is 0.234 e. The molecule has 2 fully saturated rings. The fourth-order valence-electron chi connectivity index (χ4n) is 4.66. The third kappa shape index (κ3) is 5.20. The van der Waals surface area contributed by atoms with E-state index >= 15 is 0 Å². The van der Waals surface area contributed by atoms with Crippen LogP contribution in [-0.4, -0.2) is 79.6 Å². The highest BCUT2D eigenvalue weighted by atomic mass is 32.2. The topological polar surface area (TPSA) is 90.7 Å². The monoisotopic (exact) mass is 459 g/mol. The van der Waals surface area contributed by atoms with E-state index in [4.69, 9.17) is 14.5 Å². The third-order valence-electron chi connectivity index (χ3n) is 6.46. The SMILES string of the molecule is CSc1nc(N2CCN(CC(=O)NCC3CCCO3)CC2)c2c(c1C#N)CC(C)(C)OC2. The molecule has 0 saturated carbocycles. The summed E-state index contributed by atoms with van der Waals surface area (Å²) in [7, 11) is 0. The number of piperazine rings is 1. The van der Waals surface area contributed by atoms with Crippen molar-refractivity contribution >= 4 is 23.5 Å². The Balaban J connectivity index is 1.41. The second-order valence-corrected chi connectivity index (χ2v) is 10.1. The molecule has 1 amide bonds. The average molecular weight is 460 g/mol. The van der Waals surface area contributed by atoms with Gasteiger partial charge in [-0.3, -0.25) is 9.69 Å². The lowest BCUT2D eigenvalue weighted by atomic mass is 9.89. The van der Waals surface area contributed by atoms with Crippen LogP contribution < -0.4 is 10.2 Å². The van der Waals surface area contributed by atoms with Crippen LogP contribution in [0.3, 0.4) is 0 Å². The van der Waals surface area contributed by atoms with Gasteiger partial charge in [0.25, 0.3) is 0 Å². The predicted molar refractivity (Wildman–Crippen MR) is 124 cm³/mol. The molecule has 3 aliphatic rings. The smallest absolute Gasteiger partial charge is 0.234 e. The second kappa shape index (κ2) is 9.96. The van der Waals surface area contributed by atoms with Gasteiger partial charge in [-0.25, -0.2) is 4.98 Å². The second-order valence-electron chi connectivity index (χ2n) is 9.32. The Morgan fingerprint density at radius 2 is 2.09 bits per heavy atom. The number of pyridine rings is 1. The van der Waals surface area contributed by atoms with Gasteiger partial charge >= 0.3 is 0 Å². The van der Waals surface area contributed by atoms with Crippen LogP contribution in [0, 0.1) is 11.3 Å². The largest absolute Gasteiger partial charge is 0.376 e. The van der Waals surface area contributed by atoms with Crippen molar-refractivity contribution in [1.82, 2.24) is 15.2 Å². The summed E-state index contributed by atoms with van der Waals surface area (Å²) in [6.45, 7) is 9.60. The number of anilines is 1. The van der Waals surface area contributed by atoms with Gasteiger partial charge in [0.1, 0.15) is 16.9 Å². The van der Waals surface area contributed by atoms with Gasteiger partial charge in [-0.1, -0.05) is 0 Å². The average Bonchev–Trinajstić information content (AvgIpc) is 3.30. The Morgan fingerprint density at radius 1 is 1.31 bits per heavy atom. The summed E-state index contributed by atoms with van der Waals surface area (Å²) in [5.41, 5.74) is 2.52. The fraction of sp³-hybridized carbons (Fsp3) is 0.696. The Labute approximate surface area is 194 Å². The number of ether oxygens (including phenoxy) is 2. The van der Waals surface area contributed by atoms with E-state index in [0.717, 1.165) is 67.6 Å². The summed E-state index contributed by atoms with van der Waals surface area (Å²) >= 11 is 1.52. The van der Waals surface area contributed by atoms with E-state index in [2.05, 4.69) is 35.0 Å². The number of rotatable bonds is 6. The van der Waals surface area contributed by atoms with Crippen LogP contribution in [0.5, 0.6) is 0 Å². The van der Waals surface area contributed by atoms with Gasteiger partial charge < -0.3 is 19.7 Å². The molecule has 4 heterocycles. The van der Waals surface area contributed by atoms with Gasteiger partial charge in [0.05, 0.1) is 30.4 Å². The molecule has 174 valence electrons. The first kappa shape index (κ1) is 23.3. The number of hydrogen-bond acceptors (Lipinski definition) is 8. The molecular formula is C23H33N5O3S. The van der Waals surface area contributed by atoms with E-state index in [0.29, 0.717) is 31.7 Å².